The quantitative estimate of drug-likeness (QED) is 0.830. The fourth-order valence-electron chi connectivity index (χ4n) is 1.98. The van der Waals surface area contributed by atoms with E-state index in [9.17, 15) is 9.18 Å². The Morgan fingerprint density at radius 2 is 2.29 bits per heavy atom. The molecule has 1 aromatic rings. The van der Waals surface area contributed by atoms with Gasteiger partial charge in [-0.15, -0.1) is 0 Å². The molecule has 2 rings (SSSR count). The molecule has 1 aliphatic rings. The number of ether oxygens (including phenoxy) is 1. The second kappa shape index (κ2) is 5.61. The van der Waals surface area contributed by atoms with Crippen molar-refractivity contribution in [2.45, 2.75) is 31.8 Å². The lowest BCUT2D eigenvalue weighted by molar-refractivity contribution is -0.132. The lowest BCUT2D eigenvalue weighted by Gasteiger charge is -2.21. The summed E-state index contributed by atoms with van der Waals surface area (Å²) in [7, 11) is 0. The summed E-state index contributed by atoms with van der Waals surface area (Å²) in [5, 5.41) is 0.0386. The van der Waals surface area contributed by atoms with E-state index >= 15 is 0 Å². The van der Waals surface area contributed by atoms with Gasteiger partial charge in [-0.05, 0) is 30.9 Å². The van der Waals surface area contributed by atoms with Gasteiger partial charge in [0.2, 0.25) is 0 Å². The van der Waals surface area contributed by atoms with Crippen LogP contribution in [-0.4, -0.2) is 18.5 Å². The standard InChI is InChI=1S/C13H14ClFO2/c14-13-9(4-3-5-10(13)15)8-11(16)12-6-1-2-7-17-12/h3-5,12H,1-2,6-8H2. The molecule has 0 radical (unpaired) electrons. The molecule has 0 aromatic heterocycles. The third kappa shape index (κ3) is 3.05. The van der Waals surface area contributed by atoms with Crippen LogP contribution in [0.1, 0.15) is 24.8 Å². The smallest absolute Gasteiger partial charge is 0.165 e. The average Bonchev–Trinajstić information content (AvgIpc) is 2.36. The first-order valence-electron chi connectivity index (χ1n) is 5.75. The lowest BCUT2D eigenvalue weighted by atomic mass is 10.00. The molecule has 2 nitrogen and oxygen atoms in total. The number of carbonyl (C=O) groups is 1. The van der Waals surface area contributed by atoms with E-state index in [0.29, 0.717) is 12.2 Å². The van der Waals surface area contributed by atoms with Crippen LogP contribution in [-0.2, 0) is 16.0 Å². The summed E-state index contributed by atoms with van der Waals surface area (Å²) in [6.07, 6.45) is 2.56. The molecular formula is C13H14ClFO2. The molecule has 0 N–H and O–H groups in total. The normalized spacial score (nSPS) is 20.2. The predicted octanol–water partition coefficient (Wildman–Crippen LogP) is 3.16. The minimum atomic E-state index is -0.485. The van der Waals surface area contributed by atoms with Crippen molar-refractivity contribution < 1.29 is 13.9 Å². The van der Waals surface area contributed by atoms with E-state index in [2.05, 4.69) is 0 Å². The van der Waals surface area contributed by atoms with Crippen molar-refractivity contribution >= 4 is 17.4 Å². The Balaban J connectivity index is 2.04. The number of hydrogen-bond acceptors (Lipinski definition) is 2. The molecule has 1 unspecified atom stereocenters. The van der Waals surface area contributed by atoms with Gasteiger partial charge >= 0.3 is 0 Å². The summed E-state index contributed by atoms with van der Waals surface area (Å²) in [5.74, 6) is -0.501. The van der Waals surface area contributed by atoms with Crippen LogP contribution >= 0.6 is 11.6 Å². The number of carbonyl (C=O) groups excluding carboxylic acids is 1. The molecule has 1 aromatic carbocycles. The SMILES string of the molecule is O=C(Cc1cccc(F)c1Cl)C1CCCCO1. The largest absolute Gasteiger partial charge is 0.370 e. The molecule has 0 spiro atoms. The number of ketones is 1. The summed E-state index contributed by atoms with van der Waals surface area (Å²) < 4.78 is 18.6. The third-order valence-corrected chi connectivity index (χ3v) is 3.36. The summed E-state index contributed by atoms with van der Waals surface area (Å²) in [6, 6.07) is 4.52. The van der Waals surface area contributed by atoms with E-state index in [0.717, 1.165) is 19.3 Å². The molecule has 1 atom stereocenters. The summed E-state index contributed by atoms with van der Waals surface area (Å²) in [5.41, 5.74) is 0.533. The van der Waals surface area contributed by atoms with Crippen molar-refractivity contribution in [3.05, 3.63) is 34.6 Å². The number of benzene rings is 1. The molecule has 1 heterocycles. The van der Waals surface area contributed by atoms with E-state index in [1.807, 2.05) is 0 Å². The summed E-state index contributed by atoms with van der Waals surface area (Å²) in [6.45, 7) is 0.632. The van der Waals surface area contributed by atoms with Crippen LogP contribution in [0.5, 0.6) is 0 Å². The maximum absolute atomic E-state index is 13.2. The van der Waals surface area contributed by atoms with Crippen LogP contribution in [0.15, 0.2) is 18.2 Å². The minimum Gasteiger partial charge on any atom is -0.370 e. The molecular weight excluding hydrogens is 243 g/mol. The number of halogens is 2. The Kier molecular flexibility index (Phi) is 4.13. The van der Waals surface area contributed by atoms with Crippen LogP contribution in [0.3, 0.4) is 0 Å². The highest BCUT2D eigenvalue weighted by Gasteiger charge is 2.22. The van der Waals surface area contributed by atoms with E-state index < -0.39 is 5.82 Å². The third-order valence-electron chi connectivity index (χ3n) is 2.94. The Morgan fingerprint density at radius 1 is 1.47 bits per heavy atom. The van der Waals surface area contributed by atoms with E-state index in [-0.39, 0.29) is 23.3 Å². The average molecular weight is 257 g/mol. The molecule has 1 fully saturated rings. The van der Waals surface area contributed by atoms with Crippen LogP contribution in [0.2, 0.25) is 5.02 Å². The number of Topliss-reactive ketones (excluding diaryl/α,β-unsaturated/α-hetero) is 1. The topological polar surface area (TPSA) is 26.3 Å². The zero-order chi connectivity index (χ0) is 12.3. The monoisotopic (exact) mass is 256 g/mol. The fourth-order valence-corrected chi connectivity index (χ4v) is 2.17. The maximum atomic E-state index is 13.2. The first-order valence-corrected chi connectivity index (χ1v) is 6.13. The van der Waals surface area contributed by atoms with Crippen molar-refractivity contribution in [3.8, 4) is 0 Å². The predicted molar refractivity (Wildman–Crippen MR) is 63.7 cm³/mol. The number of rotatable bonds is 3. The Hall–Kier alpha value is -0.930. The Morgan fingerprint density at radius 3 is 3.00 bits per heavy atom. The molecule has 4 heteroatoms. The van der Waals surface area contributed by atoms with Gasteiger partial charge in [-0.1, -0.05) is 23.7 Å². The highest BCUT2D eigenvalue weighted by atomic mass is 35.5. The van der Waals surface area contributed by atoms with Gasteiger partial charge in [-0.2, -0.15) is 0 Å². The maximum Gasteiger partial charge on any atom is 0.165 e. The lowest BCUT2D eigenvalue weighted by Crippen LogP contribution is -2.29. The second-order valence-electron chi connectivity index (χ2n) is 4.21. The van der Waals surface area contributed by atoms with Gasteiger partial charge in [0.25, 0.3) is 0 Å². The van der Waals surface area contributed by atoms with Gasteiger partial charge in [0, 0.05) is 13.0 Å². The highest BCUT2D eigenvalue weighted by molar-refractivity contribution is 6.31. The molecule has 0 saturated carbocycles. The minimum absolute atomic E-state index is 0.0165. The Labute approximate surface area is 105 Å². The molecule has 1 aliphatic heterocycles. The molecule has 0 bridgehead atoms. The van der Waals surface area contributed by atoms with Crippen molar-refractivity contribution in [3.63, 3.8) is 0 Å². The fraction of sp³-hybridized carbons (Fsp3) is 0.462. The van der Waals surface area contributed by atoms with Gasteiger partial charge < -0.3 is 4.74 Å². The van der Waals surface area contributed by atoms with Crippen molar-refractivity contribution in [2.75, 3.05) is 6.61 Å². The highest BCUT2D eigenvalue weighted by Crippen LogP contribution is 2.22. The van der Waals surface area contributed by atoms with Crippen LogP contribution in [0.25, 0.3) is 0 Å². The summed E-state index contributed by atoms with van der Waals surface area (Å²) in [4.78, 5) is 11.9. The van der Waals surface area contributed by atoms with Crippen LogP contribution < -0.4 is 0 Å². The first kappa shape index (κ1) is 12.5. The van der Waals surface area contributed by atoms with Gasteiger partial charge in [-0.25, -0.2) is 4.39 Å². The zero-order valence-corrected chi connectivity index (χ0v) is 10.2. The zero-order valence-electron chi connectivity index (χ0n) is 9.42. The van der Waals surface area contributed by atoms with E-state index in [1.54, 1.807) is 12.1 Å². The van der Waals surface area contributed by atoms with Crippen molar-refractivity contribution in [1.82, 2.24) is 0 Å². The van der Waals surface area contributed by atoms with Crippen molar-refractivity contribution in [2.24, 2.45) is 0 Å². The van der Waals surface area contributed by atoms with Gasteiger partial charge in [0.15, 0.2) is 5.78 Å². The molecule has 0 amide bonds. The molecule has 0 aliphatic carbocycles. The Bertz CT molecular complexity index is 414. The van der Waals surface area contributed by atoms with E-state index in [4.69, 9.17) is 16.3 Å². The van der Waals surface area contributed by atoms with Gasteiger partial charge in [-0.3, -0.25) is 4.79 Å². The molecule has 1 saturated heterocycles. The number of hydrogen-bond donors (Lipinski definition) is 0. The molecule has 92 valence electrons. The van der Waals surface area contributed by atoms with Crippen LogP contribution in [0.4, 0.5) is 4.39 Å². The van der Waals surface area contributed by atoms with Gasteiger partial charge in [0.05, 0.1) is 5.02 Å². The molecule has 17 heavy (non-hydrogen) atoms. The van der Waals surface area contributed by atoms with Crippen LogP contribution in [0, 0.1) is 5.82 Å². The second-order valence-corrected chi connectivity index (χ2v) is 4.59. The first-order chi connectivity index (χ1) is 8.18. The summed E-state index contributed by atoms with van der Waals surface area (Å²) >= 11 is 5.81. The van der Waals surface area contributed by atoms with Crippen molar-refractivity contribution in [1.29, 1.82) is 0 Å². The van der Waals surface area contributed by atoms with Gasteiger partial charge in [0.1, 0.15) is 11.9 Å². The van der Waals surface area contributed by atoms with E-state index in [1.165, 1.54) is 6.07 Å².